The molecule has 3 N–H and O–H groups in total. The lowest BCUT2D eigenvalue weighted by molar-refractivity contribution is -0.114. The van der Waals surface area contributed by atoms with E-state index >= 15 is 0 Å². The highest BCUT2D eigenvalue weighted by Gasteiger charge is 2.05. The molecule has 3 heteroatoms. The standard InChI is InChI=1S/C13H20N2O/c1-3-4-5-13(14)11-6-8-12(9-7-11)15-10(2)16/h6-9,13H,3-5,14H2,1-2H3,(H,15,16)/t13-/m0/s1. The molecule has 1 amide bonds. The predicted octanol–water partition coefficient (Wildman–Crippen LogP) is 2.84. The molecule has 0 aliphatic heterocycles. The number of hydrogen-bond acceptors (Lipinski definition) is 2. The predicted molar refractivity (Wildman–Crippen MR) is 67.2 cm³/mol. The summed E-state index contributed by atoms with van der Waals surface area (Å²) in [6, 6.07) is 7.84. The molecule has 0 unspecified atom stereocenters. The average Bonchev–Trinajstić information content (AvgIpc) is 2.26. The third-order valence-corrected chi connectivity index (χ3v) is 2.53. The van der Waals surface area contributed by atoms with Gasteiger partial charge in [0.1, 0.15) is 0 Å². The molecule has 1 rings (SSSR count). The molecule has 0 aliphatic carbocycles. The molecule has 88 valence electrons. The van der Waals surface area contributed by atoms with Gasteiger partial charge in [-0.2, -0.15) is 0 Å². The van der Waals surface area contributed by atoms with Gasteiger partial charge >= 0.3 is 0 Å². The molecule has 0 saturated carbocycles. The van der Waals surface area contributed by atoms with Crippen LogP contribution < -0.4 is 11.1 Å². The van der Waals surface area contributed by atoms with Gasteiger partial charge in [-0.3, -0.25) is 4.79 Å². The van der Waals surface area contributed by atoms with Crippen molar-refractivity contribution >= 4 is 11.6 Å². The first-order valence-corrected chi connectivity index (χ1v) is 5.76. The van der Waals surface area contributed by atoms with Crippen LogP contribution in [0.3, 0.4) is 0 Å². The normalized spacial score (nSPS) is 12.2. The quantitative estimate of drug-likeness (QED) is 0.801. The molecule has 3 nitrogen and oxygen atoms in total. The van der Waals surface area contributed by atoms with Crippen LogP contribution in [0.25, 0.3) is 0 Å². The number of carbonyl (C=O) groups is 1. The smallest absolute Gasteiger partial charge is 0.221 e. The minimum Gasteiger partial charge on any atom is -0.326 e. The lowest BCUT2D eigenvalue weighted by Gasteiger charge is -2.12. The van der Waals surface area contributed by atoms with Crippen LogP contribution in [-0.2, 0) is 4.79 Å². The van der Waals surface area contributed by atoms with E-state index in [1.807, 2.05) is 24.3 Å². The van der Waals surface area contributed by atoms with E-state index in [2.05, 4.69) is 12.2 Å². The zero-order chi connectivity index (χ0) is 12.0. The van der Waals surface area contributed by atoms with Crippen molar-refractivity contribution in [1.82, 2.24) is 0 Å². The van der Waals surface area contributed by atoms with Crippen molar-refractivity contribution in [3.8, 4) is 0 Å². The summed E-state index contributed by atoms with van der Waals surface area (Å²) in [5, 5.41) is 2.73. The number of anilines is 1. The monoisotopic (exact) mass is 220 g/mol. The number of unbranched alkanes of at least 4 members (excludes halogenated alkanes) is 1. The van der Waals surface area contributed by atoms with Gasteiger partial charge in [0.2, 0.25) is 5.91 Å². The van der Waals surface area contributed by atoms with Crippen molar-refractivity contribution in [3.63, 3.8) is 0 Å². The van der Waals surface area contributed by atoms with Crippen LogP contribution in [0.15, 0.2) is 24.3 Å². The van der Waals surface area contributed by atoms with E-state index in [9.17, 15) is 4.79 Å². The van der Waals surface area contributed by atoms with E-state index in [0.29, 0.717) is 0 Å². The SMILES string of the molecule is CCCC[C@H](N)c1ccc(NC(C)=O)cc1. The van der Waals surface area contributed by atoms with Crippen molar-refractivity contribution in [2.24, 2.45) is 5.73 Å². The van der Waals surface area contributed by atoms with E-state index in [4.69, 9.17) is 5.73 Å². The molecule has 0 fully saturated rings. The fourth-order valence-corrected chi connectivity index (χ4v) is 1.61. The highest BCUT2D eigenvalue weighted by Crippen LogP contribution is 2.18. The number of carbonyl (C=O) groups excluding carboxylic acids is 1. The van der Waals surface area contributed by atoms with Crippen LogP contribution in [0, 0.1) is 0 Å². The molecule has 0 heterocycles. The summed E-state index contributed by atoms with van der Waals surface area (Å²) in [5.41, 5.74) is 7.99. The molecule has 0 bridgehead atoms. The number of rotatable bonds is 5. The van der Waals surface area contributed by atoms with Gasteiger partial charge in [0.15, 0.2) is 0 Å². The second-order valence-corrected chi connectivity index (χ2v) is 4.05. The largest absolute Gasteiger partial charge is 0.326 e. The molecular weight excluding hydrogens is 200 g/mol. The Morgan fingerprint density at radius 1 is 1.38 bits per heavy atom. The lowest BCUT2D eigenvalue weighted by Crippen LogP contribution is -2.10. The van der Waals surface area contributed by atoms with Crippen molar-refractivity contribution in [2.75, 3.05) is 5.32 Å². The average molecular weight is 220 g/mol. The summed E-state index contributed by atoms with van der Waals surface area (Å²) in [7, 11) is 0. The third-order valence-electron chi connectivity index (χ3n) is 2.53. The van der Waals surface area contributed by atoms with Crippen LogP contribution in [0.4, 0.5) is 5.69 Å². The number of nitrogens with two attached hydrogens (primary N) is 1. The first-order chi connectivity index (χ1) is 7.63. The van der Waals surface area contributed by atoms with Gasteiger partial charge in [-0.1, -0.05) is 31.9 Å². The van der Waals surface area contributed by atoms with Crippen LogP contribution in [0.1, 0.15) is 44.7 Å². The van der Waals surface area contributed by atoms with Crippen LogP contribution >= 0.6 is 0 Å². The maximum atomic E-state index is 10.8. The highest BCUT2D eigenvalue weighted by atomic mass is 16.1. The Balaban J connectivity index is 2.59. The van der Waals surface area contributed by atoms with Gasteiger partial charge in [0, 0.05) is 18.7 Å². The van der Waals surface area contributed by atoms with Crippen molar-refractivity contribution in [3.05, 3.63) is 29.8 Å². The van der Waals surface area contributed by atoms with E-state index in [1.165, 1.54) is 6.92 Å². The Morgan fingerprint density at radius 2 is 2.00 bits per heavy atom. The van der Waals surface area contributed by atoms with E-state index < -0.39 is 0 Å². The Labute approximate surface area is 97.0 Å². The molecule has 0 spiro atoms. The second-order valence-electron chi connectivity index (χ2n) is 4.05. The summed E-state index contributed by atoms with van der Waals surface area (Å²) in [4.78, 5) is 10.8. The molecule has 16 heavy (non-hydrogen) atoms. The molecular formula is C13H20N2O. The fraction of sp³-hybridized carbons (Fsp3) is 0.462. The molecule has 1 aromatic rings. The first kappa shape index (κ1) is 12.7. The van der Waals surface area contributed by atoms with Crippen molar-refractivity contribution < 1.29 is 4.79 Å². The third kappa shape index (κ3) is 4.03. The van der Waals surface area contributed by atoms with Crippen LogP contribution in [0.5, 0.6) is 0 Å². The van der Waals surface area contributed by atoms with E-state index in [-0.39, 0.29) is 11.9 Å². The Kier molecular flexibility index (Phi) is 4.99. The minimum atomic E-state index is -0.0527. The van der Waals surface area contributed by atoms with E-state index in [0.717, 1.165) is 30.5 Å². The number of amides is 1. The first-order valence-electron chi connectivity index (χ1n) is 5.76. The maximum absolute atomic E-state index is 10.8. The minimum absolute atomic E-state index is 0.0527. The summed E-state index contributed by atoms with van der Waals surface area (Å²) >= 11 is 0. The molecule has 0 aliphatic rings. The summed E-state index contributed by atoms with van der Waals surface area (Å²) in [6.45, 7) is 3.66. The summed E-state index contributed by atoms with van der Waals surface area (Å²) < 4.78 is 0. The van der Waals surface area contributed by atoms with Crippen LogP contribution in [0.2, 0.25) is 0 Å². The lowest BCUT2D eigenvalue weighted by atomic mass is 10.0. The molecule has 0 radical (unpaired) electrons. The molecule has 0 aromatic heterocycles. The van der Waals surface area contributed by atoms with E-state index in [1.54, 1.807) is 0 Å². The number of hydrogen-bond donors (Lipinski definition) is 2. The number of nitrogens with one attached hydrogen (secondary N) is 1. The molecule has 1 aromatic carbocycles. The Bertz CT molecular complexity index is 332. The van der Waals surface area contributed by atoms with Crippen molar-refractivity contribution in [2.45, 2.75) is 39.2 Å². The Hall–Kier alpha value is -1.35. The Morgan fingerprint density at radius 3 is 2.50 bits per heavy atom. The van der Waals surface area contributed by atoms with Crippen LogP contribution in [-0.4, -0.2) is 5.91 Å². The second kappa shape index (κ2) is 6.28. The summed E-state index contributed by atoms with van der Waals surface area (Å²) in [6.07, 6.45) is 3.32. The number of benzene rings is 1. The zero-order valence-electron chi connectivity index (χ0n) is 9.99. The summed E-state index contributed by atoms with van der Waals surface area (Å²) in [5.74, 6) is -0.0527. The van der Waals surface area contributed by atoms with Gasteiger partial charge in [-0.05, 0) is 24.1 Å². The van der Waals surface area contributed by atoms with Gasteiger partial charge in [0.25, 0.3) is 0 Å². The maximum Gasteiger partial charge on any atom is 0.221 e. The molecule has 1 atom stereocenters. The fourth-order valence-electron chi connectivity index (χ4n) is 1.61. The van der Waals surface area contributed by atoms with Gasteiger partial charge in [-0.15, -0.1) is 0 Å². The van der Waals surface area contributed by atoms with Gasteiger partial charge in [-0.25, -0.2) is 0 Å². The highest BCUT2D eigenvalue weighted by molar-refractivity contribution is 5.88. The van der Waals surface area contributed by atoms with Crippen molar-refractivity contribution in [1.29, 1.82) is 0 Å². The molecule has 0 saturated heterocycles. The van der Waals surface area contributed by atoms with Gasteiger partial charge in [0.05, 0.1) is 0 Å². The topological polar surface area (TPSA) is 55.1 Å². The zero-order valence-corrected chi connectivity index (χ0v) is 9.99. The van der Waals surface area contributed by atoms with Gasteiger partial charge < -0.3 is 11.1 Å².